The molecule has 2 aromatic carbocycles. The number of ether oxygens (including phenoxy) is 1. The summed E-state index contributed by atoms with van der Waals surface area (Å²) in [4.78, 5) is 152. The maximum Gasteiger partial charge on any atom is 0.317 e. The minimum atomic E-state index is -1.64. The van der Waals surface area contributed by atoms with Crippen LogP contribution in [0.4, 0.5) is 0 Å². The highest BCUT2D eigenvalue weighted by Crippen LogP contribution is 2.16. The molecule has 2 aliphatic heterocycles. The van der Waals surface area contributed by atoms with Crippen LogP contribution in [0.1, 0.15) is 60.1 Å². The number of carboxylic acid groups (broad SMARTS) is 4. The molecule has 3 aromatic rings. The fraction of sp³-hybridized carbons (Fsp3) is 0.527. The number of amides is 7. The number of aliphatic carboxylic acids is 4. The lowest BCUT2D eigenvalue weighted by Crippen LogP contribution is -2.58. The molecule has 7 amide bonds. The Hall–Kier alpha value is -9.34. The van der Waals surface area contributed by atoms with Crippen LogP contribution in [0, 0.1) is 0 Å². The van der Waals surface area contributed by atoms with Gasteiger partial charge in [0.05, 0.1) is 45.3 Å². The Bertz CT molecular complexity index is 2860. The Kier molecular flexibility index (Phi) is 28.9. The number of nitrogens with zero attached hydrogens (tertiary/aromatic N) is 8. The number of hydrogen-bond acceptors (Lipinski definition) is 19. The molecule has 0 saturated carbocycles. The Labute approximate surface area is 506 Å². The molecule has 3 heterocycles. The van der Waals surface area contributed by atoms with Crippen molar-refractivity contribution in [1.82, 2.24) is 71.8 Å². The molecule has 88 heavy (non-hydrogen) atoms. The molecular formula is C55H79N17O16. The van der Waals surface area contributed by atoms with Gasteiger partial charge < -0.3 is 73.8 Å². The fourth-order valence-electron chi connectivity index (χ4n) is 9.38. The number of aromatic nitrogens is 3. The number of guanidine groups is 1. The third-order valence-electron chi connectivity index (χ3n) is 13.9. The van der Waals surface area contributed by atoms with E-state index in [1.54, 1.807) is 79.0 Å². The SMILES string of the molecule is NC(N)=NCCC[C@@H]1NC(=O)[C@H](CCCCn2cc(COc3cccc(C(=O)NCCNC(=O)CN4CCN(CC(=O)O)CCN(CC(=O)O)CCN(CC(=O)O)CC4)c3)nn2)NC(=O)[C@@H](Cc2ccccc2)NC(=O)[C@H](CC(=O)O)NC(=O)CNC1=O. The molecule has 0 spiro atoms. The van der Waals surface area contributed by atoms with Crippen molar-refractivity contribution in [2.45, 2.75) is 82.3 Å². The van der Waals surface area contributed by atoms with Crippen LogP contribution in [0.2, 0.25) is 0 Å². The molecule has 0 aliphatic carbocycles. The van der Waals surface area contributed by atoms with Crippen LogP contribution in [0.5, 0.6) is 5.75 Å². The smallest absolute Gasteiger partial charge is 0.317 e. The number of aryl methyl sites for hydroxylation is 1. The fourth-order valence-corrected chi connectivity index (χ4v) is 9.38. The summed E-state index contributed by atoms with van der Waals surface area (Å²) in [6.07, 6.45) is 1.69. The van der Waals surface area contributed by atoms with E-state index >= 15 is 0 Å². The number of rotatable bonds is 28. The average Bonchev–Trinajstić information content (AvgIpc) is 4.09. The molecule has 2 fully saturated rings. The van der Waals surface area contributed by atoms with E-state index in [0.29, 0.717) is 36.4 Å². The first-order valence-corrected chi connectivity index (χ1v) is 28.6. The van der Waals surface area contributed by atoms with Crippen molar-refractivity contribution in [1.29, 1.82) is 0 Å². The van der Waals surface area contributed by atoms with Crippen LogP contribution >= 0.6 is 0 Å². The van der Waals surface area contributed by atoms with E-state index < -0.39 is 96.5 Å². The second-order valence-corrected chi connectivity index (χ2v) is 20.9. The minimum absolute atomic E-state index is 0.00516. The zero-order chi connectivity index (χ0) is 64.0. The van der Waals surface area contributed by atoms with Gasteiger partial charge in [-0.2, -0.15) is 0 Å². The number of nitrogens with one attached hydrogen (secondary N) is 7. The van der Waals surface area contributed by atoms with Gasteiger partial charge in [0, 0.05) is 90.5 Å². The molecule has 0 unspecified atom stereocenters. The van der Waals surface area contributed by atoms with Crippen molar-refractivity contribution in [3.8, 4) is 5.75 Å². The van der Waals surface area contributed by atoms with Gasteiger partial charge in [0.2, 0.25) is 35.4 Å². The lowest BCUT2D eigenvalue weighted by Gasteiger charge is -2.32. The summed E-state index contributed by atoms with van der Waals surface area (Å²) in [7, 11) is 0. The van der Waals surface area contributed by atoms with E-state index in [9.17, 15) is 73.2 Å². The number of unbranched alkanes of at least 4 members (excludes halogenated alkanes) is 1. The van der Waals surface area contributed by atoms with Crippen LogP contribution < -0.4 is 53.4 Å². The summed E-state index contributed by atoms with van der Waals surface area (Å²) in [5, 5.41) is 64.6. The molecule has 15 N–H and O–H groups in total. The van der Waals surface area contributed by atoms with Gasteiger partial charge in [-0.05, 0) is 55.9 Å². The van der Waals surface area contributed by atoms with E-state index in [0.717, 1.165) is 0 Å². The van der Waals surface area contributed by atoms with E-state index in [1.165, 1.54) is 6.07 Å². The van der Waals surface area contributed by atoms with Gasteiger partial charge in [0.25, 0.3) is 5.91 Å². The second kappa shape index (κ2) is 36.6. The summed E-state index contributed by atoms with van der Waals surface area (Å²) >= 11 is 0. The van der Waals surface area contributed by atoms with Gasteiger partial charge in [-0.3, -0.25) is 82.0 Å². The molecule has 480 valence electrons. The van der Waals surface area contributed by atoms with E-state index in [4.69, 9.17) is 16.2 Å². The summed E-state index contributed by atoms with van der Waals surface area (Å²) in [6, 6.07) is 9.47. The Morgan fingerprint density at radius 1 is 0.614 bits per heavy atom. The monoisotopic (exact) mass is 1230 g/mol. The maximum absolute atomic E-state index is 14.2. The summed E-state index contributed by atoms with van der Waals surface area (Å²) in [5.41, 5.74) is 12.2. The van der Waals surface area contributed by atoms with Gasteiger partial charge in [0.1, 0.15) is 42.2 Å². The van der Waals surface area contributed by atoms with Crippen LogP contribution in [-0.4, -0.2) is 255 Å². The summed E-state index contributed by atoms with van der Waals surface area (Å²) in [6.45, 7) is 0.745. The maximum atomic E-state index is 14.2. The number of benzene rings is 2. The van der Waals surface area contributed by atoms with Crippen LogP contribution in [0.15, 0.2) is 65.8 Å². The Balaban J connectivity index is 1.14. The van der Waals surface area contributed by atoms with Crippen LogP contribution in [-0.2, 0) is 67.5 Å². The largest absolute Gasteiger partial charge is 0.487 e. The molecule has 2 saturated heterocycles. The van der Waals surface area contributed by atoms with E-state index in [-0.39, 0.29) is 148 Å². The zero-order valence-electron chi connectivity index (χ0n) is 48.7. The van der Waals surface area contributed by atoms with E-state index in [1.807, 2.05) is 0 Å². The predicted octanol–water partition coefficient (Wildman–Crippen LogP) is -4.81. The minimum Gasteiger partial charge on any atom is -0.487 e. The molecule has 0 bridgehead atoms. The van der Waals surface area contributed by atoms with Gasteiger partial charge in [-0.25, -0.2) is 0 Å². The van der Waals surface area contributed by atoms with Crippen molar-refractivity contribution < 1.29 is 77.9 Å². The quantitative estimate of drug-likeness (QED) is 0.0184. The van der Waals surface area contributed by atoms with Crippen molar-refractivity contribution in [3.05, 3.63) is 77.6 Å². The number of carbonyl (C=O) groups is 11. The number of nitrogens with two attached hydrogens (primary N) is 2. The van der Waals surface area contributed by atoms with Crippen molar-refractivity contribution in [2.75, 3.05) is 105 Å². The highest BCUT2D eigenvalue weighted by atomic mass is 16.5. The van der Waals surface area contributed by atoms with Gasteiger partial charge in [-0.15, -0.1) is 5.10 Å². The Morgan fingerprint density at radius 2 is 1.16 bits per heavy atom. The average molecular weight is 1230 g/mol. The standard InChI is InChI=1S/C55H79N17O16/c56-55(57)60-14-7-13-40-51(84)61-29-44(73)62-43(28-46(75)76)54(87)65-42(26-36-8-2-1-3-9-36)53(86)64-41(52(85)63-40)12-4-5-17-72-30-38(66-67-72)35-88-39-11-6-10-37(27-39)50(83)59-16-15-58-45(74)31-68-18-20-69(32-47(77)78)22-24-71(34-49(81)82)25-23-70(21-19-68)33-48(79)80/h1-3,6,8-11,27,30,40-43H,4-5,7,12-26,28-29,31-35H2,(H,58,74)(H,59,83)(H,61,84)(H,62,73)(H,63,85)(H,64,86)(H,65,87)(H,75,76)(H,77,78)(H,79,80)(H,81,82)(H4,56,57,60)/t40-,41-,42+,43-/m0/s1. The molecule has 33 nitrogen and oxygen atoms in total. The normalized spacial score (nSPS) is 19.2. The number of carboxylic acids is 4. The highest BCUT2D eigenvalue weighted by Gasteiger charge is 2.33. The molecular weight excluding hydrogens is 1150 g/mol. The predicted molar refractivity (Wildman–Crippen MR) is 312 cm³/mol. The topological polar surface area (TPSA) is 470 Å². The summed E-state index contributed by atoms with van der Waals surface area (Å²) in [5.74, 6) is -9.53. The van der Waals surface area contributed by atoms with Crippen molar-refractivity contribution in [3.63, 3.8) is 0 Å². The van der Waals surface area contributed by atoms with Crippen molar-refractivity contribution in [2.24, 2.45) is 16.5 Å². The third-order valence-corrected chi connectivity index (χ3v) is 13.9. The lowest BCUT2D eigenvalue weighted by molar-refractivity contribution is -0.141. The van der Waals surface area contributed by atoms with Crippen LogP contribution in [0.3, 0.4) is 0 Å². The lowest BCUT2D eigenvalue weighted by atomic mass is 10.0. The number of hydrogen-bond donors (Lipinski definition) is 13. The molecule has 33 heteroatoms. The Morgan fingerprint density at radius 3 is 1.75 bits per heavy atom. The molecule has 4 atom stereocenters. The highest BCUT2D eigenvalue weighted by molar-refractivity contribution is 5.98. The van der Waals surface area contributed by atoms with Crippen LogP contribution in [0.25, 0.3) is 0 Å². The number of carbonyl (C=O) groups excluding carboxylic acids is 7. The first kappa shape index (κ1) is 69.4. The van der Waals surface area contributed by atoms with Gasteiger partial charge >= 0.3 is 23.9 Å². The third kappa shape index (κ3) is 26.5. The second-order valence-electron chi connectivity index (χ2n) is 20.9. The first-order valence-electron chi connectivity index (χ1n) is 28.6. The zero-order valence-corrected chi connectivity index (χ0v) is 48.7. The molecule has 1 aromatic heterocycles. The van der Waals surface area contributed by atoms with Crippen molar-refractivity contribution >= 4 is 71.2 Å². The summed E-state index contributed by atoms with van der Waals surface area (Å²) < 4.78 is 7.48. The van der Waals surface area contributed by atoms with Gasteiger partial charge in [-0.1, -0.05) is 41.6 Å². The molecule has 0 radical (unpaired) electrons. The molecule has 5 rings (SSSR count). The molecule has 2 aliphatic rings. The van der Waals surface area contributed by atoms with Gasteiger partial charge in [0.15, 0.2) is 5.96 Å². The number of aliphatic imine (C=N–C) groups is 1. The first-order chi connectivity index (χ1) is 42.1. The van der Waals surface area contributed by atoms with E-state index in [2.05, 4.69) is 52.5 Å².